The minimum Gasteiger partial charge on any atom is -0.497 e. The molecule has 2 aliphatic rings. The molecule has 0 bridgehead atoms. The van der Waals surface area contributed by atoms with Crippen molar-refractivity contribution < 1.29 is 48.2 Å². The number of hydrogen-bond donors (Lipinski definition) is 2. The summed E-state index contributed by atoms with van der Waals surface area (Å²) in [4.78, 5) is 23.3. The molecule has 1 aliphatic heterocycles. The maximum absolute atomic E-state index is 12.1. The van der Waals surface area contributed by atoms with Gasteiger partial charge in [0.2, 0.25) is 6.79 Å². The number of carbonyl (C=O) groups is 2. The maximum Gasteiger partial charge on any atom is 0.506 e. The van der Waals surface area contributed by atoms with Crippen molar-refractivity contribution in [1.82, 2.24) is 0 Å². The normalized spacial score (nSPS) is 18.6. The molecule has 10 nitrogen and oxygen atoms in total. The largest absolute Gasteiger partial charge is 0.506 e. The highest BCUT2D eigenvalue weighted by atomic mass is 16.7. The number of benzene rings is 3. The molecular formula is C30H30O10. The van der Waals surface area contributed by atoms with Crippen LogP contribution in [0.25, 0.3) is 0 Å². The number of aliphatic carboxylic acids is 1. The molecule has 0 radical (unpaired) electrons. The molecule has 0 aromatic heterocycles. The molecule has 0 saturated heterocycles. The number of ether oxygens (including phenoxy) is 6. The van der Waals surface area contributed by atoms with Crippen LogP contribution in [0.5, 0.6) is 28.7 Å². The summed E-state index contributed by atoms with van der Waals surface area (Å²) >= 11 is 0. The average Bonchev–Trinajstić information content (AvgIpc) is 3.52. The van der Waals surface area contributed by atoms with Crippen LogP contribution in [-0.2, 0) is 9.53 Å². The molecule has 0 spiro atoms. The first-order valence-electron chi connectivity index (χ1n) is 13.0. The summed E-state index contributed by atoms with van der Waals surface area (Å²) in [5.41, 5.74) is 3.11. The molecule has 3 aromatic rings. The van der Waals surface area contributed by atoms with Gasteiger partial charge in [0.05, 0.1) is 32.7 Å². The fourth-order valence-corrected chi connectivity index (χ4v) is 5.31. The standard InChI is InChI=1S/C30H30O10/c1-3-11-36-19-6-7-20-22(14-19)28(21-8-5-18(35-2)15-24(21)37-12-10-26(31)32)29(40-30(33)34)27(20)17-4-9-23-25(13-17)39-16-38-23/h4-9,13-15,27-29H,3,10-12,16H2,1-2H3,(H,31,32)(H,33,34). The van der Waals surface area contributed by atoms with Gasteiger partial charge >= 0.3 is 12.1 Å². The molecule has 5 rings (SSSR count). The van der Waals surface area contributed by atoms with E-state index in [0.717, 1.165) is 23.1 Å². The van der Waals surface area contributed by atoms with Crippen molar-refractivity contribution in [1.29, 1.82) is 0 Å². The molecule has 3 atom stereocenters. The van der Waals surface area contributed by atoms with E-state index in [1.54, 1.807) is 24.3 Å². The van der Waals surface area contributed by atoms with Gasteiger partial charge in [0, 0.05) is 17.5 Å². The molecule has 210 valence electrons. The second kappa shape index (κ2) is 11.6. The van der Waals surface area contributed by atoms with E-state index in [1.165, 1.54) is 7.11 Å². The van der Waals surface area contributed by atoms with E-state index in [4.69, 9.17) is 33.5 Å². The summed E-state index contributed by atoms with van der Waals surface area (Å²) in [6, 6.07) is 16.4. The predicted octanol–water partition coefficient (Wildman–Crippen LogP) is 5.41. The van der Waals surface area contributed by atoms with Crippen LogP contribution >= 0.6 is 0 Å². The molecule has 1 aliphatic carbocycles. The Morgan fingerprint density at radius 3 is 2.38 bits per heavy atom. The van der Waals surface area contributed by atoms with Crippen LogP contribution in [0.15, 0.2) is 54.6 Å². The first-order chi connectivity index (χ1) is 19.4. The smallest absolute Gasteiger partial charge is 0.497 e. The van der Waals surface area contributed by atoms with Gasteiger partial charge in [0.1, 0.15) is 23.4 Å². The first-order valence-corrected chi connectivity index (χ1v) is 13.0. The van der Waals surface area contributed by atoms with Crippen LogP contribution in [0.4, 0.5) is 4.79 Å². The van der Waals surface area contributed by atoms with Crippen LogP contribution in [-0.4, -0.2) is 55.6 Å². The third kappa shape index (κ3) is 5.42. The van der Waals surface area contributed by atoms with Crippen molar-refractivity contribution in [3.05, 3.63) is 76.9 Å². The highest BCUT2D eigenvalue weighted by Crippen LogP contribution is 2.53. The van der Waals surface area contributed by atoms with Gasteiger partial charge in [-0.15, -0.1) is 0 Å². The van der Waals surface area contributed by atoms with Crippen LogP contribution in [0.3, 0.4) is 0 Å². The second-order valence-corrected chi connectivity index (χ2v) is 9.45. The van der Waals surface area contributed by atoms with Gasteiger partial charge < -0.3 is 38.6 Å². The Labute approximate surface area is 231 Å². The minimum atomic E-state index is -1.42. The van der Waals surface area contributed by atoms with Crippen LogP contribution in [0.2, 0.25) is 0 Å². The Balaban J connectivity index is 1.66. The Kier molecular flexibility index (Phi) is 7.86. The Bertz CT molecular complexity index is 1400. The summed E-state index contributed by atoms with van der Waals surface area (Å²) < 4.78 is 34.0. The van der Waals surface area contributed by atoms with Gasteiger partial charge in [-0.05, 0) is 53.4 Å². The van der Waals surface area contributed by atoms with Crippen molar-refractivity contribution in [2.45, 2.75) is 37.7 Å². The first kappa shape index (κ1) is 27.0. The number of methoxy groups -OCH3 is 1. The number of rotatable bonds is 11. The fourth-order valence-electron chi connectivity index (χ4n) is 5.31. The van der Waals surface area contributed by atoms with E-state index >= 15 is 0 Å². The predicted molar refractivity (Wildman–Crippen MR) is 142 cm³/mol. The average molecular weight is 551 g/mol. The lowest BCUT2D eigenvalue weighted by Crippen LogP contribution is -2.27. The van der Waals surface area contributed by atoms with Gasteiger partial charge in [0.15, 0.2) is 11.5 Å². The fraction of sp³-hybridized carbons (Fsp3) is 0.333. The lowest BCUT2D eigenvalue weighted by Gasteiger charge is -2.26. The number of fused-ring (bicyclic) bond motifs is 2. The molecule has 0 saturated carbocycles. The van der Waals surface area contributed by atoms with Gasteiger partial charge in [-0.3, -0.25) is 4.79 Å². The molecule has 1 heterocycles. The van der Waals surface area contributed by atoms with E-state index in [1.807, 2.05) is 37.3 Å². The van der Waals surface area contributed by atoms with Crippen molar-refractivity contribution in [2.24, 2.45) is 0 Å². The zero-order valence-electron chi connectivity index (χ0n) is 22.1. The molecule has 0 amide bonds. The topological polar surface area (TPSA) is 130 Å². The van der Waals surface area contributed by atoms with Gasteiger partial charge in [-0.1, -0.05) is 25.1 Å². The van der Waals surface area contributed by atoms with E-state index in [0.29, 0.717) is 40.9 Å². The minimum absolute atomic E-state index is 0.0786. The molecule has 3 aromatic carbocycles. The lowest BCUT2D eigenvalue weighted by molar-refractivity contribution is -0.137. The SMILES string of the molecule is CCCOc1ccc2c(c1)C(c1ccc(OC)cc1OCCC(=O)O)C(OC(=O)O)C2c1ccc2c(c1)OCO2. The van der Waals surface area contributed by atoms with Crippen LogP contribution in [0, 0.1) is 0 Å². The highest BCUT2D eigenvalue weighted by molar-refractivity contribution is 5.67. The van der Waals surface area contributed by atoms with E-state index in [9.17, 15) is 14.7 Å². The third-order valence-corrected chi connectivity index (χ3v) is 6.98. The Morgan fingerprint density at radius 1 is 0.850 bits per heavy atom. The van der Waals surface area contributed by atoms with Crippen molar-refractivity contribution >= 4 is 12.1 Å². The molecule has 3 unspecified atom stereocenters. The van der Waals surface area contributed by atoms with Crippen molar-refractivity contribution in [3.8, 4) is 28.7 Å². The summed E-state index contributed by atoms with van der Waals surface area (Å²) in [5, 5.41) is 19.0. The van der Waals surface area contributed by atoms with E-state index in [-0.39, 0.29) is 19.8 Å². The molecule has 40 heavy (non-hydrogen) atoms. The van der Waals surface area contributed by atoms with E-state index in [2.05, 4.69) is 0 Å². The lowest BCUT2D eigenvalue weighted by atomic mass is 9.86. The highest BCUT2D eigenvalue weighted by Gasteiger charge is 2.46. The Hall–Kier alpha value is -4.60. The Morgan fingerprint density at radius 2 is 1.62 bits per heavy atom. The summed E-state index contributed by atoms with van der Waals surface area (Å²) in [6.07, 6.45) is -1.69. The van der Waals surface area contributed by atoms with Gasteiger partial charge in [-0.2, -0.15) is 0 Å². The number of carboxylic acid groups (broad SMARTS) is 2. The maximum atomic E-state index is 12.1. The van der Waals surface area contributed by atoms with Crippen molar-refractivity contribution in [3.63, 3.8) is 0 Å². The molecule has 10 heteroatoms. The summed E-state index contributed by atoms with van der Waals surface area (Å²) in [5.74, 6) is 0.633. The number of hydrogen-bond acceptors (Lipinski definition) is 8. The number of carboxylic acids is 1. The van der Waals surface area contributed by atoms with Crippen molar-refractivity contribution in [2.75, 3.05) is 27.1 Å². The molecular weight excluding hydrogens is 520 g/mol. The van der Waals surface area contributed by atoms with Crippen LogP contribution < -0.4 is 23.7 Å². The summed E-state index contributed by atoms with van der Waals surface area (Å²) in [7, 11) is 1.52. The van der Waals surface area contributed by atoms with Gasteiger partial charge in [0.25, 0.3) is 0 Å². The monoisotopic (exact) mass is 550 g/mol. The zero-order valence-corrected chi connectivity index (χ0v) is 22.1. The van der Waals surface area contributed by atoms with E-state index < -0.39 is 30.1 Å². The van der Waals surface area contributed by atoms with Crippen LogP contribution in [0.1, 0.15) is 53.9 Å². The zero-order chi connectivity index (χ0) is 28.2. The molecule has 0 fully saturated rings. The van der Waals surface area contributed by atoms with Gasteiger partial charge in [-0.25, -0.2) is 4.79 Å². The third-order valence-electron chi connectivity index (χ3n) is 6.98. The quantitative estimate of drug-likeness (QED) is 0.299. The second-order valence-electron chi connectivity index (χ2n) is 9.45. The summed E-state index contributed by atoms with van der Waals surface area (Å²) in [6.45, 7) is 2.57. The molecule has 2 N–H and O–H groups in total.